The molecule has 0 aliphatic carbocycles. The number of hydrogen-bond donors (Lipinski definition) is 4. The number of nitrogens with one attached hydrogen (secondary N) is 3. The smallest absolute Gasteiger partial charge is 0.251 e. The fourth-order valence-corrected chi connectivity index (χ4v) is 2.37. The standard InChI is InChI=1S/C21H28N4O3/c1-3-22-21(25-14-15-28-19-10-4-16(2)5-11-19)24-13-12-23-20(27)17-6-8-18(26)9-7-17/h4-11,26H,3,12-15H2,1-2H3,(H,23,27)(H2,22,24,25). The number of amides is 1. The van der Waals surface area contributed by atoms with E-state index in [1.807, 2.05) is 38.1 Å². The number of nitrogens with zero attached hydrogens (tertiary/aromatic N) is 1. The van der Waals surface area contributed by atoms with Crippen molar-refractivity contribution in [2.75, 3.05) is 32.8 Å². The van der Waals surface area contributed by atoms with Gasteiger partial charge < -0.3 is 25.8 Å². The zero-order valence-electron chi connectivity index (χ0n) is 16.4. The van der Waals surface area contributed by atoms with Gasteiger partial charge in [-0.1, -0.05) is 17.7 Å². The van der Waals surface area contributed by atoms with Crippen LogP contribution in [0.3, 0.4) is 0 Å². The highest BCUT2D eigenvalue weighted by molar-refractivity contribution is 5.94. The Labute approximate surface area is 165 Å². The highest BCUT2D eigenvalue weighted by Crippen LogP contribution is 2.11. The topological polar surface area (TPSA) is 95.0 Å². The molecule has 0 aliphatic heterocycles. The first-order valence-electron chi connectivity index (χ1n) is 9.37. The van der Waals surface area contributed by atoms with Crippen molar-refractivity contribution in [3.63, 3.8) is 0 Å². The summed E-state index contributed by atoms with van der Waals surface area (Å²) in [5.41, 5.74) is 1.70. The number of phenolic OH excluding ortho intramolecular Hbond substituents is 1. The molecule has 1 amide bonds. The highest BCUT2D eigenvalue weighted by Gasteiger charge is 2.04. The number of rotatable bonds is 9. The second-order valence-electron chi connectivity index (χ2n) is 6.15. The summed E-state index contributed by atoms with van der Waals surface area (Å²) in [6.45, 7) is 6.76. The summed E-state index contributed by atoms with van der Waals surface area (Å²) >= 11 is 0. The Hall–Kier alpha value is -3.22. The van der Waals surface area contributed by atoms with Crippen molar-refractivity contribution < 1.29 is 14.6 Å². The number of aromatic hydroxyl groups is 1. The van der Waals surface area contributed by atoms with Crippen LogP contribution in [0, 0.1) is 6.92 Å². The van der Waals surface area contributed by atoms with Crippen molar-refractivity contribution in [1.29, 1.82) is 0 Å². The molecule has 0 aliphatic rings. The van der Waals surface area contributed by atoms with E-state index < -0.39 is 0 Å². The SMILES string of the molecule is CCNC(=NCCNC(=O)c1ccc(O)cc1)NCCOc1ccc(C)cc1. The summed E-state index contributed by atoms with van der Waals surface area (Å²) in [4.78, 5) is 16.4. The van der Waals surface area contributed by atoms with Crippen molar-refractivity contribution in [1.82, 2.24) is 16.0 Å². The van der Waals surface area contributed by atoms with E-state index >= 15 is 0 Å². The lowest BCUT2D eigenvalue weighted by Gasteiger charge is -2.12. The lowest BCUT2D eigenvalue weighted by atomic mass is 10.2. The average molecular weight is 384 g/mol. The van der Waals surface area contributed by atoms with Gasteiger partial charge in [0, 0.05) is 18.7 Å². The van der Waals surface area contributed by atoms with Crippen LogP contribution in [0.2, 0.25) is 0 Å². The molecule has 0 aromatic heterocycles. The normalized spacial score (nSPS) is 11.0. The van der Waals surface area contributed by atoms with E-state index in [0.29, 0.717) is 37.8 Å². The first kappa shape index (κ1) is 21.1. The summed E-state index contributed by atoms with van der Waals surface area (Å²) < 4.78 is 5.68. The molecule has 0 heterocycles. The number of guanidine groups is 1. The quantitative estimate of drug-likeness (QED) is 0.302. The van der Waals surface area contributed by atoms with Gasteiger partial charge in [-0.25, -0.2) is 0 Å². The van der Waals surface area contributed by atoms with Gasteiger partial charge >= 0.3 is 0 Å². The predicted octanol–water partition coefficient (Wildman–Crippen LogP) is 2.06. The molecule has 0 atom stereocenters. The largest absolute Gasteiger partial charge is 0.508 e. The Bertz CT molecular complexity index is 758. The molecular weight excluding hydrogens is 356 g/mol. The van der Waals surface area contributed by atoms with Crippen LogP contribution in [-0.2, 0) is 0 Å². The molecule has 150 valence electrons. The Balaban J connectivity index is 1.69. The van der Waals surface area contributed by atoms with Crippen LogP contribution in [0.1, 0.15) is 22.8 Å². The molecule has 2 rings (SSSR count). The minimum absolute atomic E-state index is 0.133. The van der Waals surface area contributed by atoms with E-state index in [0.717, 1.165) is 12.3 Å². The van der Waals surface area contributed by atoms with Gasteiger partial charge in [-0.15, -0.1) is 0 Å². The molecule has 0 saturated carbocycles. The first-order chi connectivity index (χ1) is 13.6. The number of carbonyl (C=O) groups excluding carboxylic acids is 1. The average Bonchev–Trinajstić information content (AvgIpc) is 2.70. The molecule has 7 heteroatoms. The molecule has 7 nitrogen and oxygen atoms in total. The Kier molecular flexibility index (Phi) is 8.65. The van der Waals surface area contributed by atoms with E-state index in [4.69, 9.17) is 4.74 Å². The number of hydrogen-bond acceptors (Lipinski definition) is 4. The third-order valence-corrected chi connectivity index (χ3v) is 3.83. The maximum atomic E-state index is 12.0. The van der Waals surface area contributed by atoms with Crippen molar-refractivity contribution in [2.24, 2.45) is 4.99 Å². The minimum atomic E-state index is -0.195. The van der Waals surface area contributed by atoms with Crippen molar-refractivity contribution in [2.45, 2.75) is 13.8 Å². The number of carbonyl (C=O) groups is 1. The fourth-order valence-electron chi connectivity index (χ4n) is 2.37. The number of ether oxygens (including phenoxy) is 1. The van der Waals surface area contributed by atoms with Crippen molar-refractivity contribution in [3.05, 3.63) is 59.7 Å². The van der Waals surface area contributed by atoms with Gasteiger partial charge in [-0.2, -0.15) is 0 Å². The van der Waals surface area contributed by atoms with Crippen LogP contribution in [0.4, 0.5) is 0 Å². The molecule has 0 radical (unpaired) electrons. The maximum absolute atomic E-state index is 12.0. The third kappa shape index (κ3) is 7.57. The van der Waals surface area contributed by atoms with Gasteiger partial charge in [0.1, 0.15) is 18.1 Å². The molecule has 0 spiro atoms. The Morgan fingerprint density at radius 1 is 1.00 bits per heavy atom. The van der Waals surface area contributed by atoms with Gasteiger partial charge in [0.25, 0.3) is 5.91 Å². The summed E-state index contributed by atoms with van der Waals surface area (Å²) in [6, 6.07) is 14.1. The van der Waals surface area contributed by atoms with E-state index in [1.54, 1.807) is 12.1 Å². The van der Waals surface area contributed by atoms with E-state index in [9.17, 15) is 9.90 Å². The van der Waals surface area contributed by atoms with Crippen LogP contribution < -0.4 is 20.7 Å². The van der Waals surface area contributed by atoms with Crippen LogP contribution in [-0.4, -0.2) is 49.8 Å². The molecule has 28 heavy (non-hydrogen) atoms. The highest BCUT2D eigenvalue weighted by atomic mass is 16.5. The van der Waals surface area contributed by atoms with E-state index in [-0.39, 0.29) is 11.7 Å². The van der Waals surface area contributed by atoms with Gasteiger partial charge in [0.2, 0.25) is 0 Å². The maximum Gasteiger partial charge on any atom is 0.251 e. The minimum Gasteiger partial charge on any atom is -0.508 e. The van der Waals surface area contributed by atoms with E-state index in [2.05, 4.69) is 20.9 Å². The zero-order valence-corrected chi connectivity index (χ0v) is 16.4. The Morgan fingerprint density at radius 3 is 2.39 bits per heavy atom. The van der Waals surface area contributed by atoms with Gasteiger partial charge in [-0.3, -0.25) is 9.79 Å². The Morgan fingerprint density at radius 2 is 1.71 bits per heavy atom. The summed E-state index contributed by atoms with van der Waals surface area (Å²) in [7, 11) is 0. The van der Waals surface area contributed by atoms with Crippen LogP contribution in [0.15, 0.2) is 53.5 Å². The molecule has 2 aromatic rings. The number of benzene rings is 2. The second kappa shape index (κ2) is 11.5. The number of phenols is 1. The lowest BCUT2D eigenvalue weighted by Crippen LogP contribution is -2.40. The van der Waals surface area contributed by atoms with E-state index in [1.165, 1.54) is 17.7 Å². The monoisotopic (exact) mass is 384 g/mol. The van der Waals surface area contributed by atoms with Gasteiger partial charge in [-0.05, 0) is 50.2 Å². The summed E-state index contributed by atoms with van der Waals surface area (Å²) in [5.74, 6) is 1.45. The second-order valence-corrected chi connectivity index (χ2v) is 6.15. The predicted molar refractivity (Wildman–Crippen MR) is 111 cm³/mol. The zero-order chi connectivity index (χ0) is 20.2. The molecule has 4 N–H and O–H groups in total. The van der Waals surface area contributed by atoms with Crippen LogP contribution in [0.25, 0.3) is 0 Å². The van der Waals surface area contributed by atoms with Crippen molar-refractivity contribution in [3.8, 4) is 11.5 Å². The lowest BCUT2D eigenvalue weighted by molar-refractivity contribution is 0.0955. The van der Waals surface area contributed by atoms with Gasteiger partial charge in [0.15, 0.2) is 5.96 Å². The number of aryl methyl sites for hydroxylation is 1. The molecule has 0 saturated heterocycles. The van der Waals surface area contributed by atoms with Crippen molar-refractivity contribution >= 4 is 11.9 Å². The molecule has 0 bridgehead atoms. The van der Waals surface area contributed by atoms with Crippen LogP contribution >= 0.6 is 0 Å². The number of aliphatic imine (C=N–C) groups is 1. The van der Waals surface area contributed by atoms with Crippen LogP contribution in [0.5, 0.6) is 11.5 Å². The summed E-state index contributed by atoms with van der Waals surface area (Å²) in [5, 5.41) is 18.4. The molecule has 2 aromatic carbocycles. The third-order valence-electron chi connectivity index (χ3n) is 3.83. The first-order valence-corrected chi connectivity index (χ1v) is 9.37. The molecule has 0 fully saturated rings. The van der Waals surface area contributed by atoms with Gasteiger partial charge in [0.05, 0.1) is 13.1 Å². The molecular formula is C21H28N4O3. The molecule has 0 unspecified atom stereocenters. The summed E-state index contributed by atoms with van der Waals surface area (Å²) in [6.07, 6.45) is 0. The fraction of sp³-hybridized carbons (Fsp3) is 0.333.